The molecule has 0 atom stereocenters. The lowest BCUT2D eigenvalue weighted by Crippen LogP contribution is -2.44. The zero-order valence-electron chi connectivity index (χ0n) is 7.69. The molecule has 0 radical (unpaired) electrons. The van der Waals surface area contributed by atoms with E-state index < -0.39 is 18.5 Å². The van der Waals surface area contributed by atoms with Gasteiger partial charge in [0.05, 0.1) is 13.2 Å². The molecule has 1 fully saturated rings. The summed E-state index contributed by atoms with van der Waals surface area (Å²) in [5, 5.41) is 12.0. The molecular weight excluding hydrogens is 190 g/mol. The fourth-order valence-corrected chi connectivity index (χ4v) is 1.05. The fraction of sp³-hybridized carbons (Fsp3) is 0.571. The zero-order valence-corrected chi connectivity index (χ0v) is 7.69. The van der Waals surface area contributed by atoms with E-state index in [1.807, 2.05) is 0 Å². The van der Waals surface area contributed by atoms with E-state index in [4.69, 9.17) is 5.21 Å². The van der Waals surface area contributed by atoms with Crippen molar-refractivity contribution in [1.82, 2.24) is 15.3 Å². The Bertz CT molecular complexity index is 278. The molecule has 0 aromatic heterocycles. The van der Waals surface area contributed by atoms with E-state index in [0.29, 0.717) is 0 Å². The van der Waals surface area contributed by atoms with Crippen LogP contribution in [0.2, 0.25) is 0 Å². The molecule has 1 rings (SSSR count). The summed E-state index contributed by atoms with van der Waals surface area (Å²) in [5.41, 5.74) is 0. The Morgan fingerprint density at radius 2 is 2.29 bits per heavy atom. The van der Waals surface area contributed by atoms with Crippen molar-refractivity contribution in [2.24, 2.45) is 0 Å². The first-order valence-corrected chi connectivity index (χ1v) is 4.03. The zero-order chi connectivity index (χ0) is 10.7. The Hall–Kier alpha value is -1.47. The maximum absolute atomic E-state index is 11.3. The van der Waals surface area contributed by atoms with Crippen molar-refractivity contribution in [2.45, 2.75) is 6.92 Å². The Kier molecular flexibility index (Phi) is 3.15. The van der Waals surface area contributed by atoms with Crippen LogP contribution in [0, 0.1) is 0 Å². The molecule has 0 aliphatic carbocycles. The summed E-state index contributed by atoms with van der Waals surface area (Å²) in [7, 11) is 0. The van der Waals surface area contributed by atoms with Gasteiger partial charge in [-0.3, -0.25) is 20.1 Å². The molecule has 1 saturated heterocycles. The molecule has 0 bridgehead atoms. The molecule has 2 N–H and O–H groups in total. The highest BCUT2D eigenvalue weighted by molar-refractivity contribution is 5.97. The van der Waals surface area contributed by atoms with E-state index in [2.05, 4.69) is 5.32 Å². The maximum atomic E-state index is 11.3. The summed E-state index contributed by atoms with van der Waals surface area (Å²) in [6.07, 6.45) is 0. The molecule has 1 aliphatic heterocycles. The van der Waals surface area contributed by atoms with E-state index >= 15 is 0 Å². The van der Waals surface area contributed by atoms with Crippen LogP contribution in [0.4, 0.5) is 4.79 Å². The van der Waals surface area contributed by atoms with E-state index in [1.54, 1.807) is 0 Å². The number of ketones is 1. The lowest BCUT2D eigenvalue weighted by molar-refractivity contribution is -0.132. The highest BCUT2D eigenvalue weighted by Gasteiger charge is 2.29. The van der Waals surface area contributed by atoms with Crippen LogP contribution in [0.25, 0.3) is 0 Å². The van der Waals surface area contributed by atoms with Crippen molar-refractivity contribution in [2.75, 3.05) is 19.8 Å². The molecule has 1 heterocycles. The minimum absolute atomic E-state index is 0.0621. The number of hydrogen-bond acceptors (Lipinski definition) is 5. The third-order valence-electron chi connectivity index (χ3n) is 1.67. The van der Waals surface area contributed by atoms with Crippen molar-refractivity contribution < 1.29 is 19.6 Å². The minimum atomic E-state index is -0.879. The number of Topliss-reactive ketones (excluding diaryl/α,β-unsaturated/α-hetero) is 1. The molecule has 7 nitrogen and oxygen atoms in total. The van der Waals surface area contributed by atoms with Crippen molar-refractivity contribution >= 4 is 17.7 Å². The predicted octanol–water partition coefficient (Wildman–Crippen LogP) is -1.22. The Morgan fingerprint density at radius 1 is 1.64 bits per heavy atom. The second-order valence-electron chi connectivity index (χ2n) is 2.95. The summed E-state index contributed by atoms with van der Waals surface area (Å²) < 4.78 is 0. The summed E-state index contributed by atoms with van der Waals surface area (Å²) in [4.78, 5) is 33.7. The Balaban J connectivity index is 2.55. The van der Waals surface area contributed by atoms with Gasteiger partial charge in [0.1, 0.15) is 6.54 Å². The minimum Gasteiger partial charge on any atom is -0.298 e. The smallest absolute Gasteiger partial charge is 0.298 e. The van der Waals surface area contributed by atoms with Gasteiger partial charge >= 0.3 is 6.03 Å². The largest absolute Gasteiger partial charge is 0.351 e. The number of carbonyl (C=O) groups is 3. The molecule has 78 valence electrons. The molecule has 1 aliphatic rings. The van der Waals surface area contributed by atoms with Gasteiger partial charge in [0.25, 0.3) is 0 Å². The molecule has 0 aromatic carbocycles. The average molecular weight is 201 g/mol. The van der Waals surface area contributed by atoms with Crippen molar-refractivity contribution in [1.29, 1.82) is 0 Å². The first-order valence-electron chi connectivity index (χ1n) is 4.03. The van der Waals surface area contributed by atoms with Crippen LogP contribution in [0.1, 0.15) is 6.92 Å². The van der Waals surface area contributed by atoms with Crippen molar-refractivity contribution in [3.8, 4) is 0 Å². The van der Waals surface area contributed by atoms with Gasteiger partial charge in [-0.05, 0) is 6.92 Å². The summed E-state index contributed by atoms with van der Waals surface area (Å²) in [6, 6.07) is -0.879. The number of carbonyl (C=O) groups excluding carboxylic acids is 3. The van der Waals surface area contributed by atoms with Crippen LogP contribution in [0.3, 0.4) is 0 Å². The summed E-state index contributed by atoms with van der Waals surface area (Å²) >= 11 is 0. The normalized spacial score (nSPS) is 15.9. The van der Waals surface area contributed by atoms with Crippen LogP contribution >= 0.6 is 0 Å². The standard InChI is InChI=1S/C7H11N3O4/c1-5(11)3-10(14)7(13)9-4-8-2-6(9)12/h8,14H,2-4H2,1H3. The monoisotopic (exact) mass is 201 g/mol. The lowest BCUT2D eigenvalue weighted by atomic mass is 10.4. The molecule has 14 heavy (non-hydrogen) atoms. The molecule has 0 spiro atoms. The summed E-state index contributed by atoms with van der Waals surface area (Å²) in [6.45, 7) is 0.954. The number of rotatable bonds is 2. The van der Waals surface area contributed by atoms with Gasteiger partial charge in [0, 0.05) is 0 Å². The number of nitrogens with one attached hydrogen (secondary N) is 1. The molecule has 0 saturated carbocycles. The second-order valence-corrected chi connectivity index (χ2v) is 2.95. The predicted molar refractivity (Wildman–Crippen MR) is 44.3 cm³/mol. The van der Waals surface area contributed by atoms with Crippen LogP contribution in [-0.2, 0) is 9.59 Å². The average Bonchev–Trinajstić information content (AvgIpc) is 2.48. The van der Waals surface area contributed by atoms with Gasteiger partial charge < -0.3 is 0 Å². The third-order valence-corrected chi connectivity index (χ3v) is 1.67. The quantitative estimate of drug-likeness (QED) is 0.431. The Morgan fingerprint density at radius 3 is 2.71 bits per heavy atom. The van der Waals surface area contributed by atoms with Crippen LogP contribution in [0.5, 0.6) is 0 Å². The molecule has 3 amide bonds. The van der Waals surface area contributed by atoms with Gasteiger partial charge in [-0.25, -0.2) is 9.69 Å². The first kappa shape index (κ1) is 10.6. The fourth-order valence-electron chi connectivity index (χ4n) is 1.05. The summed E-state index contributed by atoms with van der Waals surface area (Å²) in [5.74, 6) is -0.780. The number of imide groups is 1. The van der Waals surface area contributed by atoms with E-state index in [0.717, 1.165) is 4.90 Å². The molecular formula is C7H11N3O4. The number of urea groups is 1. The topological polar surface area (TPSA) is 90.0 Å². The van der Waals surface area contributed by atoms with Gasteiger partial charge in [0.15, 0.2) is 5.78 Å². The second kappa shape index (κ2) is 4.16. The van der Waals surface area contributed by atoms with E-state index in [1.165, 1.54) is 6.92 Å². The van der Waals surface area contributed by atoms with E-state index in [-0.39, 0.29) is 24.1 Å². The molecule has 7 heteroatoms. The molecule has 0 aromatic rings. The molecule has 0 unspecified atom stereocenters. The SMILES string of the molecule is CC(=O)CN(O)C(=O)N1CNCC1=O. The highest BCUT2D eigenvalue weighted by atomic mass is 16.5. The lowest BCUT2D eigenvalue weighted by Gasteiger charge is -2.19. The number of nitrogens with zero attached hydrogens (tertiary/aromatic N) is 2. The van der Waals surface area contributed by atoms with Gasteiger partial charge in [0.2, 0.25) is 5.91 Å². The first-order chi connectivity index (χ1) is 6.52. The van der Waals surface area contributed by atoms with Crippen molar-refractivity contribution in [3.05, 3.63) is 0 Å². The van der Waals surface area contributed by atoms with Crippen LogP contribution in [-0.4, -0.2) is 52.7 Å². The van der Waals surface area contributed by atoms with Gasteiger partial charge in [-0.15, -0.1) is 0 Å². The van der Waals surface area contributed by atoms with Gasteiger partial charge in [-0.1, -0.05) is 0 Å². The van der Waals surface area contributed by atoms with Gasteiger partial charge in [-0.2, -0.15) is 5.06 Å². The number of hydrogen-bond donors (Lipinski definition) is 2. The van der Waals surface area contributed by atoms with E-state index in [9.17, 15) is 14.4 Å². The van der Waals surface area contributed by atoms with Crippen LogP contribution in [0.15, 0.2) is 0 Å². The third kappa shape index (κ3) is 2.27. The maximum Gasteiger partial charge on any atom is 0.351 e. The van der Waals surface area contributed by atoms with Crippen molar-refractivity contribution in [3.63, 3.8) is 0 Å². The highest BCUT2D eigenvalue weighted by Crippen LogP contribution is 2.00. The number of amides is 3. The Labute approximate surface area is 80.2 Å². The van der Waals surface area contributed by atoms with Crippen LogP contribution < -0.4 is 5.32 Å². The number of hydroxylamine groups is 2.